The molecule has 25 heavy (non-hydrogen) atoms. The van der Waals surface area contributed by atoms with Crippen molar-refractivity contribution in [2.45, 2.75) is 13.0 Å². The number of amides is 3. The van der Waals surface area contributed by atoms with Crippen LogP contribution in [0.4, 0.5) is 16.4 Å². The molecule has 2 aromatic rings. The van der Waals surface area contributed by atoms with Gasteiger partial charge in [0.05, 0.1) is 0 Å². The highest BCUT2D eigenvalue weighted by Crippen LogP contribution is 2.15. The van der Waals surface area contributed by atoms with E-state index in [-0.39, 0.29) is 17.9 Å². The number of nitrogens with one attached hydrogen (secondary N) is 3. The number of anilines is 2. The van der Waals surface area contributed by atoms with Crippen LogP contribution in [0.15, 0.2) is 36.7 Å². The second kappa shape index (κ2) is 7.65. The van der Waals surface area contributed by atoms with Crippen LogP contribution in [-0.2, 0) is 4.79 Å². The zero-order chi connectivity index (χ0) is 17.6. The fraction of sp³-hybridized carbons (Fsp3) is 0.375. The molecule has 0 aliphatic carbocycles. The molecule has 1 fully saturated rings. The normalized spacial score (nSPS) is 15.6. The van der Waals surface area contributed by atoms with Crippen LogP contribution in [0.2, 0.25) is 0 Å². The van der Waals surface area contributed by atoms with E-state index in [0.29, 0.717) is 13.1 Å². The molecule has 3 rings (SSSR count). The van der Waals surface area contributed by atoms with Crippen molar-refractivity contribution >= 4 is 23.6 Å². The molecule has 2 heterocycles. The Kier molecular flexibility index (Phi) is 5.12. The average molecular weight is 343 g/mol. The van der Waals surface area contributed by atoms with Gasteiger partial charge in [-0.15, -0.1) is 0 Å². The van der Waals surface area contributed by atoms with Gasteiger partial charge < -0.3 is 15.1 Å². The van der Waals surface area contributed by atoms with Crippen molar-refractivity contribution in [2.75, 3.05) is 36.4 Å². The predicted molar refractivity (Wildman–Crippen MR) is 93.2 cm³/mol. The number of piperazine rings is 1. The maximum atomic E-state index is 12.3. The molecule has 9 heteroatoms. The van der Waals surface area contributed by atoms with Crippen LogP contribution in [-0.4, -0.2) is 64.2 Å². The van der Waals surface area contributed by atoms with Crippen LogP contribution in [0.5, 0.6) is 0 Å². The van der Waals surface area contributed by atoms with Gasteiger partial charge in [-0.3, -0.25) is 10.1 Å². The van der Waals surface area contributed by atoms with E-state index in [9.17, 15) is 9.59 Å². The molecule has 132 valence electrons. The van der Waals surface area contributed by atoms with Gasteiger partial charge in [0.15, 0.2) is 0 Å². The number of carbonyl (C=O) groups is 2. The molecular formula is C16H21N7O2. The zero-order valence-corrected chi connectivity index (χ0v) is 14.0. The Morgan fingerprint density at radius 3 is 2.52 bits per heavy atom. The first kappa shape index (κ1) is 16.7. The van der Waals surface area contributed by atoms with Gasteiger partial charge in [-0.2, -0.15) is 10.1 Å². The summed E-state index contributed by atoms with van der Waals surface area (Å²) in [5, 5.41) is 11.4. The number of H-pyrrole nitrogens is 1. The number of benzene rings is 1. The summed E-state index contributed by atoms with van der Waals surface area (Å²) >= 11 is 0. The lowest BCUT2D eigenvalue weighted by Gasteiger charge is -2.36. The highest BCUT2D eigenvalue weighted by atomic mass is 16.2. The monoisotopic (exact) mass is 343 g/mol. The third-order valence-electron chi connectivity index (χ3n) is 4.08. The Morgan fingerprint density at radius 2 is 1.88 bits per heavy atom. The van der Waals surface area contributed by atoms with Gasteiger partial charge in [-0.25, -0.2) is 9.89 Å². The fourth-order valence-corrected chi connectivity index (χ4v) is 2.64. The Bertz CT molecular complexity index is 697. The van der Waals surface area contributed by atoms with E-state index in [0.717, 1.165) is 18.8 Å². The third kappa shape index (κ3) is 4.25. The summed E-state index contributed by atoms with van der Waals surface area (Å²) in [5.74, 6) is -0.101. The van der Waals surface area contributed by atoms with Gasteiger partial charge in [0.25, 0.3) is 0 Å². The Hall–Kier alpha value is -3.10. The minimum atomic E-state index is -0.676. The lowest BCUT2D eigenvalue weighted by molar-refractivity contribution is -0.117. The average Bonchev–Trinajstić information content (AvgIpc) is 3.15. The molecule has 1 aliphatic heterocycles. The number of carbonyl (C=O) groups excluding carboxylic acids is 2. The van der Waals surface area contributed by atoms with E-state index in [1.165, 1.54) is 6.33 Å². The van der Waals surface area contributed by atoms with E-state index < -0.39 is 6.04 Å². The van der Waals surface area contributed by atoms with Crippen molar-refractivity contribution in [1.29, 1.82) is 0 Å². The molecule has 1 aromatic carbocycles. The standard InChI is InChI=1S/C16H21N7O2/c1-12(14(24)20-15-17-11-18-21-15)19-16(25)23-9-7-22(8-10-23)13-5-3-2-4-6-13/h2-6,11-12H,7-10H2,1H3,(H,19,25)(H2,17,18,20,21,24)/t12-/m1/s1. The van der Waals surface area contributed by atoms with E-state index in [4.69, 9.17) is 0 Å². The zero-order valence-electron chi connectivity index (χ0n) is 14.0. The number of hydrogen-bond donors (Lipinski definition) is 3. The number of urea groups is 1. The Labute approximate surface area is 145 Å². The van der Waals surface area contributed by atoms with Gasteiger partial charge in [0, 0.05) is 31.9 Å². The molecule has 9 nitrogen and oxygen atoms in total. The van der Waals surface area contributed by atoms with Crippen LogP contribution in [0.25, 0.3) is 0 Å². The van der Waals surface area contributed by atoms with E-state index in [1.807, 2.05) is 18.2 Å². The minimum absolute atomic E-state index is 0.243. The summed E-state index contributed by atoms with van der Waals surface area (Å²) in [5.41, 5.74) is 1.15. The summed E-state index contributed by atoms with van der Waals surface area (Å²) in [6.45, 7) is 4.37. The minimum Gasteiger partial charge on any atom is -0.368 e. The van der Waals surface area contributed by atoms with Gasteiger partial charge in [0.1, 0.15) is 12.4 Å². The first-order chi connectivity index (χ1) is 12.1. The molecule has 0 saturated carbocycles. The largest absolute Gasteiger partial charge is 0.368 e. The molecule has 1 saturated heterocycles. The molecule has 1 atom stereocenters. The number of hydrogen-bond acceptors (Lipinski definition) is 5. The molecule has 3 amide bonds. The number of nitrogens with zero attached hydrogens (tertiary/aromatic N) is 4. The molecular weight excluding hydrogens is 322 g/mol. The third-order valence-corrected chi connectivity index (χ3v) is 4.08. The van der Waals surface area contributed by atoms with E-state index in [1.54, 1.807) is 11.8 Å². The first-order valence-electron chi connectivity index (χ1n) is 8.15. The first-order valence-corrected chi connectivity index (χ1v) is 8.15. The van der Waals surface area contributed by atoms with Crippen molar-refractivity contribution in [2.24, 2.45) is 0 Å². The van der Waals surface area contributed by atoms with Gasteiger partial charge in [0.2, 0.25) is 11.9 Å². The number of aromatic amines is 1. The lowest BCUT2D eigenvalue weighted by Crippen LogP contribution is -2.54. The van der Waals surface area contributed by atoms with Crippen LogP contribution >= 0.6 is 0 Å². The van der Waals surface area contributed by atoms with Gasteiger partial charge >= 0.3 is 6.03 Å². The van der Waals surface area contributed by atoms with Crippen LogP contribution in [0.1, 0.15) is 6.92 Å². The van der Waals surface area contributed by atoms with Crippen LogP contribution in [0.3, 0.4) is 0 Å². The van der Waals surface area contributed by atoms with Crippen molar-refractivity contribution in [1.82, 2.24) is 25.4 Å². The summed E-state index contributed by atoms with van der Waals surface area (Å²) in [6.07, 6.45) is 1.30. The van der Waals surface area contributed by atoms with Crippen molar-refractivity contribution in [3.05, 3.63) is 36.7 Å². The van der Waals surface area contributed by atoms with Crippen molar-refractivity contribution in [3.63, 3.8) is 0 Å². The molecule has 0 bridgehead atoms. The Morgan fingerprint density at radius 1 is 1.16 bits per heavy atom. The Balaban J connectivity index is 1.46. The number of aromatic nitrogens is 3. The number of rotatable bonds is 4. The maximum Gasteiger partial charge on any atom is 0.318 e. The smallest absolute Gasteiger partial charge is 0.318 e. The fourth-order valence-electron chi connectivity index (χ4n) is 2.64. The van der Waals surface area contributed by atoms with Crippen molar-refractivity contribution < 1.29 is 9.59 Å². The summed E-state index contributed by atoms with van der Waals surface area (Å²) in [4.78, 5) is 32.1. The molecule has 1 aromatic heterocycles. The van der Waals surface area contributed by atoms with Gasteiger partial charge in [-0.05, 0) is 19.1 Å². The summed E-state index contributed by atoms with van der Waals surface area (Å²) in [6, 6.07) is 9.19. The molecule has 0 spiro atoms. The van der Waals surface area contributed by atoms with Crippen LogP contribution < -0.4 is 15.5 Å². The predicted octanol–water partition coefficient (Wildman–Crippen LogP) is 0.663. The molecule has 3 N–H and O–H groups in total. The molecule has 0 unspecified atom stereocenters. The lowest BCUT2D eigenvalue weighted by atomic mass is 10.2. The highest BCUT2D eigenvalue weighted by molar-refractivity contribution is 5.95. The topological polar surface area (TPSA) is 106 Å². The highest BCUT2D eigenvalue weighted by Gasteiger charge is 2.24. The SMILES string of the molecule is C[C@@H](NC(=O)N1CCN(c2ccccc2)CC1)C(=O)Nc1ncn[nH]1. The van der Waals surface area contributed by atoms with E-state index in [2.05, 4.69) is 42.8 Å². The second-order valence-electron chi connectivity index (χ2n) is 5.80. The van der Waals surface area contributed by atoms with Crippen molar-refractivity contribution in [3.8, 4) is 0 Å². The molecule has 1 aliphatic rings. The second-order valence-corrected chi connectivity index (χ2v) is 5.80. The molecule has 0 radical (unpaired) electrons. The maximum absolute atomic E-state index is 12.3. The summed E-state index contributed by atoms with van der Waals surface area (Å²) < 4.78 is 0. The van der Waals surface area contributed by atoms with Gasteiger partial charge in [-0.1, -0.05) is 18.2 Å². The summed E-state index contributed by atoms with van der Waals surface area (Å²) in [7, 11) is 0. The quantitative estimate of drug-likeness (QED) is 0.756. The number of para-hydroxylation sites is 1. The van der Waals surface area contributed by atoms with Crippen LogP contribution in [0, 0.1) is 0 Å². The van der Waals surface area contributed by atoms with E-state index >= 15 is 0 Å².